The summed E-state index contributed by atoms with van der Waals surface area (Å²) < 4.78 is 1.06. The molecule has 0 amide bonds. The molecule has 0 bridgehead atoms. The molecule has 0 heterocycles. The number of thioether (sulfide) groups is 1. The number of nitrogens with one attached hydrogen (secondary N) is 1. The highest BCUT2D eigenvalue weighted by Crippen LogP contribution is 2.39. The fraction of sp³-hybridized carbons (Fsp3) is 0.533. The van der Waals surface area contributed by atoms with E-state index < -0.39 is 11.5 Å². The van der Waals surface area contributed by atoms with Gasteiger partial charge in [-0.2, -0.15) is 0 Å². The van der Waals surface area contributed by atoms with E-state index in [0.29, 0.717) is 18.2 Å². The van der Waals surface area contributed by atoms with Crippen LogP contribution in [0.4, 0.5) is 0 Å². The van der Waals surface area contributed by atoms with Gasteiger partial charge in [0.25, 0.3) is 0 Å². The Morgan fingerprint density at radius 3 is 3.05 bits per heavy atom. The fourth-order valence-corrected chi connectivity index (χ4v) is 4.77. The summed E-state index contributed by atoms with van der Waals surface area (Å²) in [6.07, 6.45) is 3.46. The maximum atomic E-state index is 11.6. The molecule has 20 heavy (non-hydrogen) atoms. The van der Waals surface area contributed by atoms with E-state index in [0.717, 1.165) is 23.7 Å². The number of carbonyl (C=O) groups is 1. The van der Waals surface area contributed by atoms with Crippen molar-refractivity contribution in [2.75, 3.05) is 6.54 Å². The normalized spacial score (nSPS) is 26.4. The van der Waals surface area contributed by atoms with Crippen LogP contribution in [0, 0.1) is 0 Å². The van der Waals surface area contributed by atoms with Gasteiger partial charge in [0.15, 0.2) is 0 Å². The van der Waals surface area contributed by atoms with Gasteiger partial charge in [0.05, 0.1) is 0 Å². The molecule has 5 heteroatoms. The summed E-state index contributed by atoms with van der Waals surface area (Å²) in [6.45, 7) is 2.66. The second-order valence-corrected chi connectivity index (χ2v) is 7.50. The van der Waals surface area contributed by atoms with Gasteiger partial charge in [-0.1, -0.05) is 28.9 Å². The van der Waals surface area contributed by atoms with Crippen molar-refractivity contribution in [3.05, 3.63) is 28.7 Å². The molecule has 1 saturated carbocycles. The molecule has 110 valence electrons. The van der Waals surface area contributed by atoms with E-state index >= 15 is 0 Å². The molecule has 2 atom stereocenters. The van der Waals surface area contributed by atoms with Gasteiger partial charge < -0.3 is 10.4 Å². The standard InChI is InChI=1S/C15H20BrNO2S/c1-2-17-15(14(18)19)8-4-7-13(10-15)20-12-6-3-5-11(16)9-12/h3,5-6,9,13,17H,2,4,7-8,10H2,1H3,(H,18,19). The summed E-state index contributed by atoms with van der Waals surface area (Å²) in [5.74, 6) is -0.709. The maximum Gasteiger partial charge on any atom is 0.323 e. The van der Waals surface area contributed by atoms with Crippen LogP contribution in [0.25, 0.3) is 0 Å². The predicted molar refractivity (Wildman–Crippen MR) is 86.3 cm³/mol. The van der Waals surface area contributed by atoms with Crippen molar-refractivity contribution in [2.45, 2.75) is 48.3 Å². The van der Waals surface area contributed by atoms with E-state index in [1.165, 1.54) is 4.90 Å². The predicted octanol–water partition coefficient (Wildman–Crippen LogP) is 3.92. The second kappa shape index (κ2) is 6.96. The summed E-state index contributed by atoms with van der Waals surface area (Å²) in [5, 5.41) is 13.1. The lowest BCUT2D eigenvalue weighted by Gasteiger charge is -2.38. The van der Waals surface area contributed by atoms with Crippen LogP contribution in [-0.2, 0) is 4.79 Å². The van der Waals surface area contributed by atoms with Crippen LogP contribution >= 0.6 is 27.7 Å². The molecule has 1 fully saturated rings. The van der Waals surface area contributed by atoms with Gasteiger partial charge in [0.2, 0.25) is 0 Å². The van der Waals surface area contributed by atoms with Gasteiger partial charge in [-0.3, -0.25) is 4.79 Å². The Morgan fingerprint density at radius 2 is 2.40 bits per heavy atom. The van der Waals surface area contributed by atoms with Crippen molar-refractivity contribution in [1.29, 1.82) is 0 Å². The number of halogens is 1. The van der Waals surface area contributed by atoms with Crippen LogP contribution in [0.15, 0.2) is 33.6 Å². The maximum absolute atomic E-state index is 11.6. The molecule has 0 aliphatic heterocycles. The highest BCUT2D eigenvalue weighted by molar-refractivity contribution is 9.10. The Morgan fingerprint density at radius 1 is 1.60 bits per heavy atom. The van der Waals surface area contributed by atoms with Crippen LogP contribution < -0.4 is 5.32 Å². The van der Waals surface area contributed by atoms with Crippen molar-refractivity contribution in [1.82, 2.24) is 5.32 Å². The molecule has 1 aromatic rings. The average Bonchev–Trinajstić information content (AvgIpc) is 2.39. The zero-order chi connectivity index (χ0) is 14.6. The molecule has 2 N–H and O–H groups in total. The second-order valence-electron chi connectivity index (χ2n) is 5.21. The number of hydrogen-bond donors (Lipinski definition) is 2. The highest BCUT2D eigenvalue weighted by atomic mass is 79.9. The molecular formula is C15H20BrNO2S. The third kappa shape index (κ3) is 3.77. The molecule has 1 aromatic carbocycles. The quantitative estimate of drug-likeness (QED) is 0.838. The SMILES string of the molecule is CCNC1(C(=O)O)CCCC(Sc2cccc(Br)c2)C1. The minimum atomic E-state index is -0.739. The van der Waals surface area contributed by atoms with E-state index in [1.54, 1.807) is 11.8 Å². The van der Waals surface area contributed by atoms with Crippen LogP contribution in [0.3, 0.4) is 0 Å². The van der Waals surface area contributed by atoms with Crippen LogP contribution in [0.5, 0.6) is 0 Å². The minimum Gasteiger partial charge on any atom is -0.480 e. The third-order valence-electron chi connectivity index (χ3n) is 3.73. The highest BCUT2D eigenvalue weighted by Gasteiger charge is 2.42. The molecule has 2 rings (SSSR count). The van der Waals surface area contributed by atoms with Crippen LogP contribution in [0.1, 0.15) is 32.6 Å². The zero-order valence-electron chi connectivity index (χ0n) is 11.6. The van der Waals surface area contributed by atoms with Gasteiger partial charge in [0, 0.05) is 14.6 Å². The first-order valence-electron chi connectivity index (χ1n) is 6.96. The van der Waals surface area contributed by atoms with Gasteiger partial charge in [0.1, 0.15) is 5.54 Å². The Hall–Kier alpha value is -0.520. The Labute approximate surface area is 132 Å². The summed E-state index contributed by atoms with van der Waals surface area (Å²) in [5.41, 5.74) is -0.739. The van der Waals surface area contributed by atoms with E-state index in [1.807, 2.05) is 19.1 Å². The number of carboxylic acids is 1. The van der Waals surface area contributed by atoms with Crippen molar-refractivity contribution in [2.24, 2.45) is 0 Å². The van der Waals surface area contributed by atoms with Crippen LogP contribution in [-0.4, -0.2) is 28.4 Å². The molecule has 0 saturated heterocycles. The molecule has 3 nitrogen and oxygen atoms in total. The number of hydrogen-bond acceptors (Lipinski definition) is 3. The molecule has 1 aliphatic carbocycles. The summed E-state index contributed by atoms with van der Waals surface area (Å²) >= 11 is 5.27. The first kappa shape index (κ1) is 15.9. The Balaban J connectivity index is 2.08. The van der Waals surface area contributed by atoms with Crippen molar-refractivity contribution >= 4 is 33.7 Å². The first-order valence-corrected chi connectivity index (χ1v) is 8.63. The van der Waals surface area contributed by atoms with E-state index in [2.05, 4.69) is 33.4 Å². The van der Waals surface area contributed by atoms with E-state index in [4.69, 9.17) is 0 Å². The van der Waals surface area contributed by atoms with Gasteiger partial charge in [-0.15, -0.1) is 11.8 Å². The average molecular weight is 358 g/mol. The third-order valence-corrected chi connectivity index (χ3v) is 5.48. The fourth-order valence-electron chi connectivity index (χ4n) is 2.83. The lowest BCUT2D eigenvalue weighted by Crippen LogP contribution is -2.55. The molecule has 1 aliphatic rings. The number of aliphatic carboxylic acids is 1. The minimum absolute atomic E-state index is 0.355. The van der Waals surface area contributed by atoms with Gasteiger partial charge >= 0.3 is 5.97 Å². The lowest BCUT2D eigenvalue weighted by molar-refractivity contribution is -0.146. The summed E-state index contributed by atoms with van der Waals surface area (Å²) in [4.78, 5) is 12.8. The summed E-state index contributed by atoms with van der Waals surface area (Å²) in [6, 6.07) is 8.20. The van der Waals surface area contributed by atoms with Crippen LogP contribution in [0.2, 0.25) is 0 Å². The Kier molecular flexibility index (Phi) is 5.52. The number of carboxylic acid groups (broad SMARTS) is 1. The smallest absolute Gasteiger partial charge is 0.323 e. The summed E-state index contributed by atoms with van der Waals surface area (Å²) in [7, 11) is 0. The van der Waals surface area contributed by atoms with E-state index in [9.17, 15) is 9.90 Å². The van der Waals surface area contributed by atoms with Gasteiger partial charge in [-0.05, 0) is 50.4 Å². The molecule has 0 spiro atoms. The zero-order valence-corrected chi connectivity index (χ0v) is 14.0. The van der Waals surface area contributed by atoms with Crippen molar-refractivity contribution in [3.63, 3.8) is 0 Å². The Bertz CT molecular complexity index is 479. The number of rotatable bonds is 5. The lowest BCUT2D eigenvalue weighted by atomic mass is 9.81. The molecule has 0 aromatic heterocycles. The van der Waals surface area contributed by atoms with Crippen molar-refractivity contribution < 1.29 is 9.90 Å². The van der Waals surface area contributed by atoms with Gasteiger partial charge in [-0.25, -0.2) is 0 Å². The molecular weight excluding hydrogens is 338 g/mol. The molecule has 2 unspecified atom stereocenters. The van der Waals surface area contributed by atoms with Crippen molar-refractivity contribution in [3.8, 4) is 0 Å². The first-order chi connectivity index (χ1) is 9.55. The topological polar surface area (TPSA) is 49.3 Å². The largest absolute Gasteiger partial charge is 0.480 e. The monoisotopic (exact) mass is 357 g/mol. The van der Waals surface area contributed by atoms with E-state index in [-0.39, 0.29) is 0 Å². The number of likely N-dealkylation sites (N-methyl/N-ethyl adjacent to an activating group) is 1. The number of benzene rings is 1. The molecule has 0 radical (unpaired) electrons.